The maximum Gasteiger partial charge on any atom is 0.252 e. The molecule has 0 radical (unpaired) electrons. The highest BCUT2D eigenvalue weighted by atomic mass is 127. The molecule has 7 nitrogen and oxygen atoms in total. The fourth-order valence-corrected chi connectivity index (χ4v) is 1.55. The molecule has 0 atom stereocenters. The molecule has 0 bridgehead atoms. The third kappa shape index (κ3) is 8.70. The lowest BCUT2D eigenvalue weighted by atomic mass is 10.1. The topological polar surface area (TPSA) is 87.6 Å². The first-order valence-electron chi connectivity index (χ1n) is 7.16. The van der Waals surface area contributed by atoms with E-state index in [0.29, 0.717) is 31.2 Å². The lowest BCUT2D eigenvalue weighted by Crippen LogP contribution is -2.46. The summed E-state index contributed by atoms with van der Waals surface area (Å²) in [4.78, 5) is 19.8. The van der Waals surface area contributed by atoms with Crippen LogP contribution < -0.4 is 16.0 Å². The Morgan fingerprint density at radius 1 is 1.30 bits per heavy atom. The van der Waals surface area contributed by atoms with E-state index in [-0.39, 0.29) is 35.5 Å². The number of aliphatic imine (C=N–C) groups is 1. The number of nitrogens with zero attached hydrogens (tertiary/aromatic N) is 2. The van der Waals surface area contributed by atoms with Gasteiger partial charge in [0.1, 0.15) is 0 Å². The van der Waals surface area contributed by atoms with Gasteiger partial charge in [-0.2, -0.15) is 0 Å². The molecule has 1 amide bonds. The molecule has 0 aliphatic rings. The van der Waals surface area contributed by atoms with Crippen molar-refractivity contribution in [3.05, 3.63) is 30.1 Å². The van der Waals surface area contributed by atoms with Crippen LogP contribution in [-0.2, 0) is 4.74 Å². The molecule has 130 valence electrons. The minimum absolute atomic E-state index is 0. The zero-order chi connectivity index (χ0) is 16.4. The van der Waals surface area contributed by atoms with Crippen LogP contribution in [0.4, 0.5) is 0 Å². The minimum Gasteiger partial charge on any atom is -0.377 e. The predicted molar refractivity (Wildman–Crippen MR) is 102 cm³/mol. The maximum absolute atomic E-state index is 11.8. The number of guanidine groups is 1. The van der Waals surface area contributed by atoms with Crippen LogP contribution >= 0.6 is 24.0 Å². The number of carbonyl (C=O) groups excluding carboxylic acids is 1. The molecule has 1 aromatic heterocycles. The highest BCUT2D eigenvalue weighted by Crippen LogP contribution is 2.04. The molecular formula is C15H26IN5O2. The molecule has 1 heterocycles. The van der Waals surface area contributed by atoms with Crippen molar-refractivity contribution in [1.29, 1.82) is 0 Å². The monoisotopic (exact) mass is 435 g/mol. The molecule has 3 N–H and O–H groups in total. The molecule has 0 spiro atoms. The Hall–Kier alpha value is -1.42. The minimum atomic E-state index is -0.272. The lowest BCUT2D eigenvalue weighted by molar-refractivity contribution is 0.0268. The van der Waals surface area contributed by atoms with Gasteiger partial charge in [-0.1, -0.05) is 0 Å². The van der Waals surface area contributed by atoms with Crippen LogP contribution in [0.2, 0.25) is 0 Å². The summed E-state index contributed by atoms with van der Waals surface area (Å²) in [5, 5.41) is 9.11. The second-order valence-corrected chi connectivity index (χ2v) is 5.31. The van der Waals surface area contributed by atoms with Gasteiger partial charge in [-0.3, -0.25) is 14.8 Å². The van der Waals surface area contributed by atoms with Crippen LogP contribution in [0, 0.1) is 0 Å². The molecule has 0 fully saturated rings. The smallest absolute Gasteiger partial charge is 0.252 e. The number of rotatable bonds is 7. The standard InChI is InChI=1S/C15H25N5O2.HI/c1-15(2,22-4)11-20-14(16-3)19-9-8-18-13(21)12-6-5-7-17-10-12;/h5-7,10H,8-9,11H2,1-4H3,(H,18,21)(H2,16,19,20);1H. The number of halogens is 1. The van der Waals surface area contributed by atoms with Gasteiger partial charge in [0.05, 0.1) is 11.2 Å². The number of carbonyl (C=O) groups is 1. The number of nitrogens with one attached hydrogen (secondary N) is 3. The van der Waals surface area contributed by atoms with Gasteiger partial charge in [-0.15, -0.1) is 24.0 Å². The number of hydrogen-bond donors (Lipinski definition) is 3. The van der Waals surface area contributed by atoms with Gasteiger partial charge >= 0.3 is 0 Å². The average Bonchev–Trinajstić information content (AvgIpc) is 2.54. The van der Waals surface area contributed by atoms with Crippen molar-refractivity contribution in [3.8, 4) is 0 Å². The van der Waals surface area contributed by atoms with Gasteiger partial charge in [0.2, 0.25) is 0 Å². The number of aromatic nitrogens is 1. The summed E-state index contributed by atoms with van der Waals surface area (Å²) >= 11 is 0. The first kappa shape index (κ1) is 21.6. The molecule has 0 aromatic carbocycles. The molecule has 1 rings (SSSR count). The third-order valence-corrected chi connectivity index (χ3v) is 3.08. The van der Waals surface area contributed by atoms with E-state index in [4.69, 9.17) is 4.74 Å². The van der Waals surface area contributed by atoms with Crippen LogP contribution in [0.15, 0.2) is 29.5 Å². The van der Waals surface area contributed by atoms with Crippen molar-refractivity contribution >= 4 is 35.8 Å². The molecule has 0 saturated carbocycles. The number of pyridine rings is 1. The van der Waals surface area contributed by atoms with Gasteiger partial charge in [-0.05, 0) is 26.0 Å². The van der Waals surface area contributed by atoms with E-state index in [1.807, 2.05) is 13.8 Å². The van der Waals surface area contributed by atoms with Gasteiger partial charge in [0, 0.05) is 46.2 Å². The fraction of sp³-hybridized carbons (Fsp3) is 0.533. The highest BCUT2D eigenvalue weighted by Gasteiger charge is 2.16. The van der Waals surface area contributed by atoms with Crippen molar-refractivity contribution in [2.24, 2.45) is 4.99 Å². The van der Waals surface area contributed by atoms with Gasteiger partial charge in [0.25, 0.3) is 5.91 Å². The van der Waals surface area contributed by atoms with Gasteiger partial charge in [-0.25, -0.2) is 0 Å². The zero-order valence-electron chi connectivity index (χ0n) is 14.0. The Bertz CT molecular complexity index is 494. The largest absolute Gasteiger partial charge is 0.377 e. The van der Waals surface area contributed by atoms with E-state index >= 15 is 0 Å². The Kier molecular flexibility index (Phi) is 10.5. The summed E-state index contributed by atoms with van der Waals surface area (Å²) in [7, 11) is 3.37. The Balaban J connectivity index is 0.00000484. The molecule has 0 unspecified atom stereocenters. The van der Waals surface area contributed by atoms with Crippen molar-refractivity contribution in [2.45, 2.75) is 19.4 Å². The summed E-state index contributed by atoms with van der Waals surface area (Å²) in [6.07, 6.45) is 3.17. The van der Waals surface area contributed by atoms with E-state index in [0.717, 1.165) is 0 Å². The summed E-state index contributed by atoms with van der Waals surface area (Å²) in [5.41, 5.74) is 0.276. The normalized spacial score (nSPS) is 11.4. The summed E-state index contributed by atoms with van der Waals surface area (Å²) in [5.74, 6) is 0.527. The average molecular weight is 435 g/mol. The number of hydrogen-bond acceptors (Lipinski definition) is 4. The van der Waals surface area contributed by atoms with E-state index < -0.39 is 0 Å². The summed E-state index contributed by atoms with van der Waals surface area (Å²) in [6.45, 7) is 5.66. The van der Waals surface area contributed by atoms with Crippen LogP contribution in [0.3, 0.4) is 0 Å². The molecular weight excluding hydrogens is 409 g/mol. The fourth-order valence-electron chi connectivity index (χ4n) is 1.55. The molecule has 8 heteroatoms. The first-order chi connectivity index (χ1) is 10.5. The van der Waals surface area contributed by atoms with E-state index in [9.17, 15) is 4.79 Å². The Morgan fingerprint density at radius 3 is 2.57 bits per heavy atom. The van der Waals surface area contributed by atoms with Crippen LogP contribution in [0.25, 0.3) is 0 Å². The maximum atomic E-state index is 11.8. The van der Waals surface area contributed by atoms with Gasteiger partial charge < -0.3 is 20.7 Å². The van der Waals surface area contributed by atoms with Crippen LogP contribution in [0.5, 0.6) is 0 Å². The second kappa shape index (κ2) is 11.2. The number of methoxy groups -OCH3 is 1. The lowest BCUT2D eigenvalue weighted by Gasteiger charge is -2.24. The molecule has 1 aromatic rings. The predicted octanol–water partition coefficient (Wildman–Crippen LogP) is 1.02. The molecule has 0 aliphatic heterocycles. The number of amides is 1. The van der Waals surface area contributed by atoms with Gasteiger partial charge in [0.15, 0.2) is 5.96 Å². The highest BCUT2D eigenvalue weighted by molar-refractivity contribution is 14.0. The molecule has 0 saturated heterocycles. The van der Waals surface area contributed by atoms with E-state index in [1.165, 1.54) is 6.20 Å². The quantitative estimate of drug-likeness (QED) is 0.258. The first-order valence-corrected chi connectivity index (χ1v) is 7.16. The second-order valence-electron chi connectivity index (χ2n) is 5.31. The van der Waals surface area contributed by atoms with Crippen LogP contribution in [0.1, 0.15) is 24.2 Å². The summed E-state index contributed by atoms with van der Waals surface area (Å²) in [6, 6.07) is 3.46. The molecule has 0 aliphatic carbocycles. The third-order valence-electron chi connectivity index (χ3n) is 3.08. The number of ether oxygens (including phenoxy) is 1. The van der Waals surface area contributed by atoms with E-state index in [1.54, 1.807) is 32.5 Å². The zero-order valence-corrected chi connectivity index (χ0v) is 16.4. The van der Waals surface area contributed by atoms with Crippen molar-refractivity contribution in [2.75, 3.05) is 33.8 Å². The van der Waals surface area contributed by atoms with Crippen molar-refractivity contribution < 1.29 is 9.53 Å². The SMILES string of the molecule is CN=C(NCCNC(=O)c1cccnc1)NCC(C)(C)OC.I. The van der Waals surface area contributed by atoms with Crippen LogP contribution in [-0.4, -0.2) is 56.2 Å². The Morgan fingerprint density at radius 2 is 2.00 bits per heavy atom. The van der Waals surface area contributed by atoms with Crippen molar-refractivity contribution in [3.63, 3.8) is 0 Å². The summed E-state index contributed by atoms with van der Waals surface area (Å²) < 4.78 is 5.33. The van der Waals surface area contributed by atoms with Crippen molar-refractivity contribution in [1.82, 2.24) is 20.9 Å². The molecule has 23 heavy (non-hydrogen) atoms. The Labute approximate surface area is 154 Å². The van der Waals surface area contributed by atoms with E-state index in [2.05, 4.69) is 25.9 Å².